The highest BCUT2D eigenvalue weighted by Gasteiger charge is 2.42. The first kappa shape index (κ1) is 14.9. The van der Waals surface area contributed by atoms with Gasteiger partial charge in [-0.2, -0.15) is 13.2 Å². The van der Waals surface area contributed by atoms with Crippen molar-refractivity contribution in [2.75, 3.05) is 5.32 Å². The normalized spacial score (nSPS) is 29.7. The maximum absolute atomic E-state index is 12.7. The number of anilines is 1. The Bertz CT molecular complexity index is 535. The van der Waals surface area contributed by atoms with Gasteiger partial charge in [0.25, 0.3) is 0 Å². The fourth-order valence-electron chi connectivity index (χ4n) is 3.88. The zero-order valence-corrected chi connectivity index (χ0v) is 12.4. The topological polar surface area (TPSA) is 37.8 Å². The summed E-state index contributed by atoms with van der Waals surface area (Å²) in [5, 5.41) is 2.70. The van der Waals surface area contributed by atoms with Crippen molar-refractivity contribution in [1.82, 2.24) is 9.97 Å². The summed E-state index contributed by atoms with van der Waals surface area (Å²) < 4.78 is 38.2. The van der Waals surface area contributed by atoms with E-state index in [1.54, 1.807) is 0 Å². The second-order valence-electron chi connectivity index (χ2n) is 6.18. The maximum Gasteiger partial charge on any atom is 0.433 e. The predicted molar refractivity (Wildman–Crippen MR) is 74.1 cm³/mol. The zero-order valence-electron chi connectivity index (χ0n) is 11.6. The number of rotatable bonds is 3. The summed E-state index contributed by atoms with van der Waals surface area (Å²) in [6.45, 7) is 2.01. The Hall–Kier alpha value is -1.04. The number of halogens is 4. The van der Waals surface area contributed by atoms with Gasteiger partial charge in [0.15, 0.2) is 5.69 Å². The molecule has 0 radical (unpaired) electrons. The van der Waals surface area contributed by atoms with Crippen molar-refractivity contribution in [3.63, 3.8) is 0 Å². The molecule has 2 saturated carbocycles. The Morgan fingerprint density at radius 2 is 2.05 bits per heavy atom. The van der Waals surface area contributed by atoms with Crippen molar-refractivity contribution in [3.8, 4) is 0 Å². The molecular weight excluding hydrogens is 303 g/mol. The third kappa shape index (κ3) is 3.10. The highest BCUT2D eigenvalue weighted by Crippen LogP contribution is 2.49. The van der Waals surface area contributed by atoms with Crippen molar-refractivity contribution >= 4 is 17.4 Å². The van der Waals surface area contributed by atoms with Crippen LogP contribution in [0.4, 0.5) is 19.0 Å². The third-order valence-electron chi connectivity index (χ3n) is 4.80. The molecule has 2 aliphatic carbocycles. The number of fused-ring (bicyclic) bond motifs is 2. The van der Waals surface area contributed by atoms with Crippen molar-refractivity contribution in [2.24, 2.45) is 17.8 Å². The van der Waals surface area contributed by atoms with Crippen LogP contribution in [0, 0.1) is 17.8 Å². The molecule has 0 saturated heterocycles. The van der Waals surface area contributed by atoms with E-state index >= 15 is 0 Å². The lowest BCUT2D eigenvalue weighted by atomic mass is 9.84. The van der Waals surface area contributed by atoms with Crippen LogP contribution in [0.2, 0.25) is 5.28 Å². The lowest BCUT2D eigenvalue weighted by Crippen LogP contribution is -2.30. The minimum absolute atomic E-state index is 0.0901. The van der Waals surface area contributed by atoms with Crippen LogP contribution < -0.4 is 5.32 Å². The fourth-order valence-corrected chi connectivity index (χ4v) is 4.07. The molecule has 0 aliphatic heterocycles. The summed E-state index contributed by atoms with van der Waals surface area (Å²) in [6.07, 6.45) is 0.433. The van der Waals surface area contributed by atoms with Gasteiger partial charge in [-0.25, -0.2) is 9.97 Å². The molecule has 4 atom stereocenters. The molecule has 7 heteroatoms. The molecule has 3 nitrogen and oxygen atoms in total. The summed E-state index contributed by atoms with van der Waals surface area (Å²) in [4.78, 5) is 7.10. The Balaban J connectivity index is 1.74. The average Bonchev–Trinajstić information content (AvgIpc) is 2.99. The van der Waals surface area contributed by atoms with E-state index in [9.17, 15) is 13.2 Å². The van der Waals surface area contributed by atoms with Crippen LogP contribution in [0.15, 0.2) is 6.07 Å². The van der Waals surface area contributed by atoms with E-state index in [1.165, 1.54) is 19.3 Å². The average molecular weight is 320 g/mol. The standard InChI is InChI=1S/C14H17ClF3N3/c1-7(10-5-8-2-3-9(10)4-8)19-12-6-11(14(16,17)18)20-13(15)21-12/h6-10H,2-5H2,1H3,(H,19,20,21). The Morgan fingerprint density at radius 3 is 2.62 bits per heavy atom. The van der Waals surface area contributed by atoms with Crippen molar-refractivity contribution in [1.29, 1.82) is 0 Å². The number of aromatic nitrogens is 2. The van der Waals surface area contributed by atoms with Crippen LogP contribution >= 0.6 is 11.6 Å². The first-order valence-corrected chi connectivity index (χ1v) is 7.59. The van der Waals surface area contributed by atoms with Gasteiger partial charge in [-0.3, -0.25) is 0 Å². The number of hydrogen-bond acceptors (Lipinski definition) is 3. The molecular formula is C14H17ClF3N3. The molecule has 0 spiro atoms. The molecule has 2 fully saturated rings. The van der Waals surface area contributed by atoms with Gasteiger partial charge in [0.1, 0.15) is 5.82 Å². The quantitative estimate of drug-likeness (QED) is 0.840. The number of hydrogen-bond donors (Lipinski definition) is 1. The maximum atomic E-state index is 12.7. The minimum atomic E-state index is -4.52. The molecule has 1 aromatic heterocycles. The molecule has 116 valence electrons. The molecule has 1 aromatic rings. The Morgan fingerprint density at radius 1 is 1.29 bits per heavy atom. The summed E-state index contributed by atoms with van der Waals surface area (Å²) in [7, 11) is 0. The molecule has 2 bridgehead atoms. The highest BCUT2D eigenvalue weighted by molar-refractivity contribution is 6.28. The smallest absolute Gasteiger partial charge is 0.367 e. The monoisotopic (exact) mass is 319 g/mol. The lowest BCUT2D eigenvalue weighted by Gasteiger charge is -2.29. The van der Waals surface area contributed by atoms with Gasteiger partial charge in [-0.05, 0) is 55.5 Å². The predicted octanol–water partition coefficient (Wildman–Crippen LogP) is 4.39. The Kier molecular flexibility index (Phi) is 3.76. The van der Waals surface area contributed by atoms with Crippen molar-refractivity contribution in [2.45, 2.75) is 44.8 Å². The molecule has 4 unspecified atom stereocenters. The van der Waals surface area contributed by atoms with Gasteiger partial charge in [-0.15, -0.1) is 0 Å². The van der Waals surface area contributed by atoms with Gasteiger partial charge < -0.3 is 5.32 Å². The minimum Gasteiger partial charge on any atom is -0.367 e. The molecule has 2 aliphatic rings. The van der Waals surface area contributed by atoms with Crippen LogP contribution in [0.5, 0.6) is 0 Å². The van der Waals surface area contributed by atoms with E-state index in [4.69, 9.17) is 11.6 Å². The van der Waals surface area contributed by atoms with E-state index in [0.717, 1.165) is 18.4 Å². The summed E-state index contributed by atoms with van der Waals surface area (Å²) >= 11 is 5.60. The van der Waals surface area contributed by atoms with Gasteiger partial charge in [-0.1, -0.05) is 6.42 Å². The van der Waals surface area contributed by atoms with E-state index in [2.05, 4.69) is 15.3 Å². The van der Waals surface area contributed by atoms with Gasteiger partial charge in [0.05, 0.1) is 0 Å². The zero-order chi connectivity index (χ0) is 15.2. The largest absolute Gasteiger partial charge is 0.433 e. The van der Waals surface area contributed by atoms with E-state index < -0.39 is 11.9 Å². The fraction of sp³-hybridized carbons (Fsp3) is 0.714. The second kappa shape index (κ2) is 5.30. The molecule has 0 amide bonds. The number of nitrogens with one attached hydrogen (secondary N) is 1. The van der Waals surface area contributed by atoms with E-state index in [-0.39, 0.29) is 17.1 Å². The Labute approximate surface area is 126 Å². The van der Waals surface area contributed by atoms with E-state index in [1.807, 2.05) is 6.92 Å². The summed E-state index contributed by atoms with van der Waals surface area (Å²) in [5.74, 6) is 2.14. The van der Waals surface area contributed by atoms with Gasteiger partial charge >= 0.3 is 6.18 Å². The van der Waals surface area contributed by atoms with Gasteiger partial charge in [0, 0.05) is 12.1 Å². The SMILES string of the molecule is CC(Nc1cc(C(F)(F)F)nc(Cl)n1)C1CC2CCC1C2. The molecule has 0 aromatic carbocycles. The highest BCUT2D eigenvalue weighted by atomic mass is 35.5. The lowest BCUT2D eigenvalue weighted by molar-refractivity contribution is -0.141. The van der Waals surface area contributed by atoms with Crippen LogP contribution in [0.1, 0.15) is 38.3 Å². The van der Waals surface area contributed by atoms with Crippen LogP contribution in [0.3, 0.4) is 0 Å². The first-order chi connectivity index (χ1) is 9.83. The summed E-state index contributed by atoms with van der Waals surface area (Å²) in [6, 6.07) is 1.02. The molecule has 3 rings (SSSR count). The van der Waals surface area contributed by atoms with E-state index in [0.29, 0.717) is 11.8 Å². The van der Waals surface area contributed by atoms with Crippen molar-refractivity contribution in [3.05, 3.63) is 17.0 Å². The first-order valence-electron chi connectivity index (χ1n) is 7.21. The van der Waals surface area contributed by atoms with Gasteiger partial charge in [0.2, 0.25) is 5.28 Å². The number of nitrogens with zero attached hydrogens (tertiary/aromatic N) is 2. The third-order valence-corrected chi connectivity index (χ3v) is 4.97. The second-order valence-corrected chi connectivity index (χ2v) is 6.52. The van der Waals surface area contributed by atoms with Crippen molar-refractivity contribution < 1.29 is 13.2 Å². The van der Waals surface area contributed by atoms with Crippen LogP contribution in [-0.2, 0) is 6.18 Å². The molecule has 1 heterocycles. The van der Waals surface area contributed by atoms with Crippen LogP contribution in [-0.4, -0.2) is 16.0 Å². The molecule has 1 N–H and O–H groups in total. The number of alkyl halides is 3. The van der Waals surface area contributed by atoms with Crippen LogP contribution in [0.25, 0.3) is 0 Å². The molecule has 21 heavy (non-hydrogen) atoms. The summed E-state index contributed by atoms with van der Waals surface area (Å²) in [5.41, 5.74) is -1.01.